The SMILES string of the molecule is NC(=O)Cc1ccc(Cc2ccncc2)cc1. The predicted molar refractivity (Wildman–Crippen MR) is 66.4 cm³/mol. The van der Waals surface area contributed by atoms with Crippen molar-refractivity contribution >= 4 is 5.91 Å². The maximum Gasteiger partial charge on any atom is 0.221 e. The van der Waals surface area contributed by atoms with Gasteiger partial charge in [0, 0.05) is 12.4 Å². The fourth-order valence-corrected chi connectivity index (χ4v) is 1.71. The molecule has 1 amide bonds. The summed E-state index contributed by atoms with van der Waals surface area (Å²) >= 11 is 0. The van der Waals surface area contributed by atoms with E-state index in [1.165, 1.54) is 11.1 Å². The number of benzene rings is 1. The van der Waals surface area contributed by atoms with E-state index >= 15 is 0 Å². The van der Waals surface area contributed by atoms with E-state index in [0.29, 0.717) is 6.42 Å². The molecule has 0 aliphatic carbocycles. The monoisotopic (exact) mass is 226 g/mol. The minimum absolute atomic E-state index is 0.299. The third-order valence-electron chi connectivity index (χ3n) is 2.56. The minimum atomic E-state index is -0.299. The zero-order valence-electron chi connectivity index (χ0n) is 9.47. The fourth-order valence-electron chi connectivity index (χ4n) is 1.71. The first-order valence-corrected chi connectivity index (χ1v) is 5.49. The molecule has 0 bridgehead atoms. The summed E-state index contributed by atoms with van der Waals surface area (Å²) in [5.74, 6) is -0.299. The van der Waals surface area contributed by atoms with Crippen molar-refractivity contribution in [2.45, 2.75) is 12.8 Å². The van der Waals surface area contributed by atoms with Crippen molar-refractivity contribution in [2.24, 2.45) is 5.73 Å². The highest BCUT2D eigenvalue weighted by atomic mass is 16.1. The lowest BCUT2D eigenvalue weighted by Gasteiger charge is -2.03. The molecule has 0 saturated heterocycles. The molecule has 86 valence electrons. The molecule has 2 rings (SSSR count). The van der Waals surface area contributed by atoms with Gasteiger partial charge in [-0.3, -0.25) is 9.78 Å². The molecule has 0 fully saturated rings. The number of amides is 1. The number of primary amides is 1. The van der Waals surface area contributed by atoms with Gasteiger partial charge in [-0.15, -0.1) is 0 Å². The Morgan fingerprint density at radius 3 is 2.06 bits per heavy atom. The Kier molecular flexibility index (Phi) is 3.50. The highest BCUT2D eigenvalue weighted by molar-refractivity contribution is 5.76. The van der Waals surface area contributed by atoms with Crippen LogP contribution in [0.4, 0.5) is 0 Å². The molecule has 1 aromatic heterocycles. The van der Waals surface area contributed by atoms with Crippen molar-refractivity contribution in [2.75, 3.05) is 0 Å². The molecule has 0 saturated carbocycles. The van der Waals surface area contributed by atoms with Crippen molar-refractivity contribution in [3.63, 3.8) is 0 Å². The lowest BCUT2D eigenvalue weighted by molar-refractivity contribution is -0.117. The summed E-state index contributed by atoms with van der Waals surface area (Å²) in [5.41, 5.74) is 8.53. The van der Waals surface area contributed by atoms with Crippen LogP contribution in [-0.2, 0) is 17.6 Å². The number of hydrogen-bond donors (Lipinski definition) is 1. The van der Waals surface area contributed by atoms with E-state index < -0.39 is 0 Å². The standard InChI is InChI=1S/C14H14N2O/c15-14(17)10-12-3-1-11(2-4-12)9-13-5-7-16-8-6-13/h1-8H,9-10H2,(H2,15,17). The smallest absolute Gasteiger partial charge is 0.221 e. The number of carbonyl (C=O) groups excluding carboxylic acids is 1. The molecule has 1 aromatic carbocycles. The topological polar surface area (TPSA) is 56.0 Å². The molecule has 17 heavy (non-hydrogen) atoms. The first-order chi connectivity index (χ1) is 8.24. The van der Waals surface area contributed by atoms with Crippen molar-refractivity contribution < 1.29 is 4.79 Å². The van der Waals surface area contributed by atoms with Gasteiger partial charge in [0.05, 0.1) is 6.42 Å². The van der Waals surface area contributed by atoms with E-state index in [9.17, 15) is 4.79 Å². The highest BCUT2D eigenvalue weighted by Crippen LogP contribution is 2.10. The normalized spacial score (nSPS) is 10.1. The fraction of sp³-hybridized carbons (Fsp3) is 0.143. The summed E-state index contributed by atoms with van der Waals surface area (Å²) in [6.45, 7) is 0. The van der Waals surface area contributed by atoms with Crippen molar-refractivity contribution in [3.05, 3.63) is 65.5 Å². The molecule has 0 radical (unpaired) electrons. The number of carbonyl (C=O) groups is 1. The number of hydrogen-bond acceptors (Lipinski definition) is 2. The molecule has 1 heterocycles. The second-order valence-electron chi connectivity index (χ2n) is 3.99. The van der Waals surface area contributed by atoms with E-state index in [1.807, 2.05) is 36.4 Å². The summed E-state index contributed by atoms with van der Waals surface area (Å²) in [6.07, 6.45) is 4.75. The van der Waals surface area contributed by atoms with E-state index in [0.717, 1.165) is 12.0 Å². The van der Waals surface area contributed by atoms with E-state index in [-0.39, 0.29) is 5.91 Å². The molecule has 2 aromatic rings. The molecular weight excluding hydrogens is 212 g/mol. The molecular formula is C14H14N2O. The Balaban J connectivity index is 2.06. The lowest BCUT2D eigenvalue weighted by atomic mass is 10.0. The molecule has 0 aliphatic heterocycles. The third kappa shape index (κ3) is 3.41. The first kappa shape index (κ1) is 11.3. The van der Waals surface area contributed by atoms with Gasteiger partial charge < -0.3 is 5.73 Å². The summed E-state index contributed by atoms with van der Waals surface area (Å²) in [7, 11) is 0. The van der Waals surface area contributed by atoms with Crippen LogP contribution < -0.4 is 5.73 Å². The van der Waals surface area contributed by atoms with Gasteiger partial charge in [-0.1, -0.05) is 24.3 Å². The predicted octanol–water partition coefficient (Wildman–Crippen LogP) is 1.70. The first-order valence-electron chi connectivity index (χ1n) is 5.49. The van der Waals surface area contributed by atoms with Crippen LogP contribution in [0.5, 0.6) is 0 Å². The Labute approximate surface area is 100 Å². The van der Waals surface area contributed by atoms with Crippen LogP contribution in [0, 0.1) is 0 Å². The van der Waals surface area contributed by atoms with Crippen LogP contribution in [0.1, 0.15) is 16.7 Å². The minimum Gasteiger partial charge on any atom is -0.369 e. The number of aromatic nitrogens is 1. The van der Waals surface area contributed by atoms with Crippen LogP contribution in [0.25, 0.3) is 0 Å². The largest absolute Gasteiger partial charge is 0.369 e. The molecule has 0 spiro atoms. The Bertz CT molecular complexity index is 491. The average molecular weight is 226 g/mol. The molecule has 0 aliphatic rings. The zero-order chi connectivity index (χ0) is 12.1. The Morgan fingerprint density at radius 1 is 0.941 bits per heavy atom. The second kappa shape index (κ2) is 5.25. The van der Waals surface area contributed by atoms with Gasteiger partial charge in [-0.05, 0) is 35.2 Å². The van der Waals surface area contributed by atoms with Crippen LogP contribution in [0.15, 0.2) is 48.8 Å². The van der Waals surface area contributed by atoms with Crippen molar-refractivity contribution in [1.82, 2.24) is 4.98 Å². The van der Waals surface area contributed by atoms with E-state index in [1.54, 1.807) is 12.4 Å². The molecule has 2 N–H and O–H groups in total. The van der Waals surface area contributed by atoms with Gasteiger partial charge in [-0.25, -0.2) is 0 Å². The molecule has 0 unspecified atom stereocenters. The second-order valence-corrected chi connectivity index (χ2v) is 3.99. The van der Waals surface area contributed by atoms with Crippen LogP contribution >= 0.6 is 0 Å². The summed E-state index contributed by atoms with van der Waals surface area (Å²) in [6, 6.07) is 11.9. The maximum absolute atomic E-state index is 10.8. The van der Waals surface area contributed by atoms with Crippen LogP contribution in [0.3, 0.4) is 0 Å². The van der Waals surface area contributed by atoms with Gasteiger partial charge in [-0.2, -0.15) is 0 Å². The number of nitrogens with two attached hydrogens (primary N) is 1. The lowest BCUT2D eigenvalue weighted by Crippen LogP contribution is -2.13. The van der Waals surface area contributed by atoms with Crippen LogP contribution in [0.2, 0.25) is 0 Å². The van der Waals surface area contributed by atoms with Crippen LogP contribution in [-0.4, -0.2) is 10.9 Å². The summed E-state index contributed by atoms with van der Waals surface area (Å²) < 4.78 is 0. The van der Waals surface area contributed by atoms with Crippen molar-refractivity contribution in [1.29, 1.82) is 0 Å². The average Bonchev–Trinajstić information content (AvgIpc) is 2.32. The maximum atomic E-state index is 10.8. The molecule has 3 nitrogen and oxygen atoms in total. The van der Waals surface area contributed by atoms with Crippen molar-refractivity contribution in [3.8, 4) is 0 Å². The quantitative estimate of drug-likeness (QED) is 0.862. The Hall–Kier alpha value is -2.16. The van der Waals surface area contributed by atoms with Gasteiger partial charge in [0.1, 0.15) is 0 Å². The number of rotatable bonds is 4. The van der Waals surface area contributed by atoms with E-state index in [2.05, 4.69) is 4.98 Å². The zero-order valence-corrected chi connectivity index (χ0v) is 9.47. The van der Waals surface area contributed by atoms with Gasteiger partial charge in [0.15, 0.2) is 0 Å². The molecule has 0 atom stereocenters. The Morgan fingerprint density at radius 2 is 1.47 bits per heavy atom. The number of pyridine rings is 1. The van der Waals surface area contributed by atoms with E-state index in [4.69, 9.17) is 5.73 Å². The van der Waals surface area contributed by atoms with Gasteiger partial charge >= 0.3 is 0 Å². The molecule has 3 heteroatoms. The highest BCUT2D eigenvalue weighted by Gasteiger charge is 1.99. The number of nitrogens with zero attached hydrogens (tertiary/aromatic N) is 1. The van der Waals surface area contributed by atoms with Gasteiger partial charge in [0.2, 0.25) is 5.91 Å². The third-order valence-corrected chi connectivity index (χ3v) is 2.56. The summed E-state index contributed by atoms with van der Waals surface area (Å²) in [5, 5.41) is 0. The van der Waals surface area contributed by atoms with Gasteiger partial charge in [0.25, 0.3) is 0 Å². The summed E-state index contributed by atoms with van der Waals surface area (Å²) in [4.78, 5) is 14.7.